The van der Waals surface area contributed by atoms with Gasteiger partial charge in [0.05, 0.1) is 22.5 Å². The first-order chi connectivity index (χ1) is 20.1. The van der Waals surface area contributed by atoms with E-state index in [-0.39, 0.29) is 24.0 Å². The molecular weight excluding hydrogens is 603 g/mol. The van der Waals surface area contributed by atoms with Crippen molar-refractivity contribution in [3.05, 3.63) is 100 Å². The summed E-state index contributed by atoms with van der Waals surface area (Å²) in [6.07, 6.45) is -3.26. The Balaban J connectivity index is 2.13. The molecule has 2 amide bonds. The average molecular weight is 638 g/mol. The van der Waals surface area contributed by atoms with Gasteiger partial charge < -0.3 is 10.2 Å². The van der Waals surface area contributed by atoms with Crippen LogP contribution in [0.25, 0.3) is 0 Å². The lowest BCUT2D eigenvalue weighted by Gasteiger charge is -2.34. The number of aryl methyl sites for hydroxylation is 1. The van der Waals surface area contributed by atoms with Crippen molar-refractivity contribution in [1.82, 2.24) is 10.2 Å². The van der Waals surface area contributed by atoms with Gasteiger partial charge in [0.2, 0.25) is 21.8 Å². The van der Waals surface area contributed by atoms with Gasteiger partial charge in [-0.05, 0) is 55.2 Å². The Hall–Kier alpha value is -3.57. The summed E-state index contributed by atoms with van der Waals surface area (Å²) in [6.45, 7) is 4.63. The van der Waals surface area contributed by atoms with E-state index in [2.05, 4.69) is 5.32 Å². The fourth-order valence-electron chi connectivity index (χ4n) is 4.44. The normalized spacial score (nSPS) is 13.2. The van der Waals surface area contributed by atoms with Crippen molar-refractivity contribution >= 4 is 39.1 Å². The number of carbonyl (C=O) groups excluding carboxylic acids is 2. The standard InChI is InChI=1S/C31H35ClF3N3O4S/c1-5-22(3)36-30(40)28(17-23-12-7-6-8-13-23)37(19-24-14-10-9-11-21(24)2)29(39)20-38(43(4,41)42)27-18-25(31(33,34)35)15-16-26(27)32/h6-16,18,22,28H,5,17,19-20H2,1-4H3,(H,36,40)/t22-,28-/m0/s1. The van der Waals surface area contributed by atoms with Gasteiger partial charge in [-0.2, -0.15) is 13.2 Å². The van der Waals surface area contributed by atoms with Crippen LogP contribution in [0.15, 0.2) is 72.8 Å². The number of hydrogen-bond acceptors (Lipinski definition) is 4. The molecule has 0 aromatic heterocycles. The molecule has 0 fully saturated rings. The molecule has 3 rings (SSSR count). The van der Waals surface area contributed by atoms with E-state index in [4.69, 9.17) is 11.6 Å². The van der Waals surface area contributed by atoms with Crippen LogP contribution in [0.2, 0.25) is 5.02 Å². The molecule has 0 aliphatic carbocycles. The Morgan fingerprint density at radius 3 is 2.21 bits per heavy atom. The smallest absolute Gasteiger partial charge is 0.352 e. The zero-order valence-corrected chi connectivity index (χ0v) is 25.9. The topological polar surface area (TPSA) is 86.8 Å². The molecule has 3 aromatic rings. The zero-order chi connectivity index (χ0) is 31.9. The molecule has 0 aliphatic rings. The molecule has 2 atom stereocenters. The molecule has 0 radical (unpaired) electrons. The summed E-state index contributed by atoms with van der Waals surface area (Å²) in [6, 6.07) is 17.3. The van der Waals surface area contributed by atoms with E-state index >= 15 is 0 Å². The fourth-order valence-corrected chi connectivity index (χ4v) is 5.56. The maximum absolute atomic E-state index is 14.1. The Morgan fingerprint density at radius 1 is 1.00 bits per heavy atom. The first-order valence-electron chi connectivity index (χ1n) is 13.6. The predicted molar refractivity (Wildman–Crippen MR) is 162 cm³/mol. The monoisotopic (exact) mass is 637 g/mol. The highest BCUT2D eigenvalue weighted by atomic mass is 35.5. The van der Waals surface area contributed by atoms with Crippen LogP contribution in [0.1, 0.15) is 42.5 Å². The fraction of sp³-hybridized carbons (Fsp3) is 0.355. The lowest BCUT2D eigenvalue weighted by atomic mass is 10.0. The molecule has 12 heteroatoms. The Bertz CT molecular complexity index is 1530. The molecule has 7 nitrogen and oxygen atoms in total. The average Bonchev–Trinajstić information content (AvgIpc) is 2.94. The van der Waals surface area contributed by atoms with Gasteiger partial charge in [0, 0.05) is 19.0 Å². The SMILES string of the molecule is CC[C@H](C)NC(=O)[C@H](Cc1ccccc1)N(Cc1ccccc1C)C(=O)CN(c1cc(C(F)(F)F)ccc1Cl)S(C)(=O)=O. The Labute approximate surface area is 255 Å². The van der Waals surface area contributed by atoms with E-state index in [1.807, 2.05) is 51.1 Å². The summed E-state index contributed by atoms with van der Waals surface area (Å²) in [4.78, 5) is 29.1. The summed E-state index contributed by atoms with van der Waals surface area (Å²) < 4.78 is 67.0. The quantitative estimate of drug-likeness (QED) is 0.264. The van der Waals surface area contributed by atoms with Crippen molar-refractivity contribution in [3.63, 3.8) is 0 Å². The molecule has 1 N–H and O–H groups in total. The number of hydrogen-bond donors (Lipinski definition) is 1. The number of benzene rings is 3. The van der Waals surface area contributed by atoms with Crippen LogP contribution in [0, 0.1) is 6.92 Å². The number of alkyl halides is 3. The molecule has 43 heavy (non-hydrogen) atoms. The number of rotatable bonds is 12. The molecule has 0 unspecified atom stereocenters. The van der Waals surface area contributed by atoms with E-state index in [1.54, 1.807) is 24.3 Å². The second-order valence-electron chi connectivity index (χ2n) is 10.4. The number of amides is 2. The van der Waals surface area contributed by atoms with E-state index in [0.29, 0.717) is 22.4 Å². The minimum absolute atomic E-state index is 0.0507. The minimum Gasteiger partial charge on any atom is -0.352 e. The molecule has 232 valence electrons. The van der Waals surface area contributed by atoms with Crippen LogP contribution in [0.4, 0.5) is 18.9 Å². The highest BCUT2D eigenvalue weighted by Crippen LogP contribution is 2.36. The van der Waals surface area contributed by atoms with Crippen molar-refractivity contribution in [2.45, 2.75) is 58.4 Å². The number of nitrogens with one attached hydrogen (secondary N) is 1. The van der Waals surface area contributed by atoms with E-state index in [9.17, 15) is 31.2 Å². The lowest BCUT2D eigenvalue weighted by Crippen LogP contribution is -2.54. The van der Waals surface area contributed by atoms with Crippen LogP contribution < -0.4 is 9.62 Å². The van der Waals surface area contributed by atoms with Gasteiger partial charge in [-0.25, -0.2) is 8.42 Å². The van der Waals surface area contributed by atoms with Gasteiger partial charge in [-0.15, -0.1) is 0 Å². The van der Waals surface area contributed by atoms with Gasteiger partial charge in [0.1, 0.15) is 12.6 Å². The highest BCUT2D eigenvalue weighted by molar-refractivity contribution is 7.92. The van der Waals surface area contributed by atoms with Crippen LogP contribution in [0.3, 0.4) is 0 Å². The number of carbonyl (C=O) groups is 2. The maximum Gasteiger partial charge on any atom is 0.416 e. The molecule has 0 spiro atoms. The third kappa shape index (κ3) is 9.21. The Morgan fingerprint density at radius 2 is 1.63 bits per heavy atom. The molecule has 0 aliphatic heterocycles. The van der Waals surface area contributed by atoms with Crippen LogP contribution >= 0.6 is 11.6 Å². The van der Waals surface area contributed by atoms with Crippen LogP contribution in [-0.2, 0) is 38.8 Å². The van der Waals surface area contributed by atoms with Crippen molar-refractivity contribution in [1.29, 1.82) is 0 Å². The van der Waals surface area contributed by atoms with Gasteiger partial charge in [0.25, 0.3) is 0 Å². The summed E-state index contributed by atoms with van der Waals surface area (Å²) in [5, 5.41) is 2.64. The van der Waals surface area contributed by atoms with Gasteiger partial charge >= 0.3 is 6.18 Å². The number of nitrogens with zero attached hydrogens (tertiary/aromatic N) is 2. The van der Waals surface area contributed by atoms with Gasteiger partial charge in [-0.3, -0.25) is 13.9 Å². The van der Waals surface area contributed by atoms with Crippen molar-refractivity contribution < 1.29 is 31.2 Å². The van der Waals surface area contributed by atoms with Crippen molar-refractivity contribution in [3.8, 4) is 0 Å². The van der Waals surface area contributed by atoms with Crippen molar-refractivity contribution in [2.24, 2.45) is 0 Å². The van der Waals surface area contributed by atoms with Gasteiger partial charge in [0.15, 0.2) is 0 Å². The highest BCUT2D eigenvalue weighted by Gasteiger charge is 2.36. The zero-order valence-electron chi connectivity index (χ0n) is 24.4. The van der Waals surface area contributed by atoms with Crippen LogP contribution in [-0.4, -0.2) is 50.0 Å². The molecule has 0 saturated carbocycles. The number of halogens is 4. The third-order valence-corrected chi connectivity index (χ3v) is 8.54. The van der Waals surface area contributed by atoms with E-state index < -0.39 is 51.9 Å². The third-order valence-electron chi connectivity index (χ3n) is 7.10. The number of anilines is 1. The summed E-state index contributed by atoms with van der Waals surface area (Å²) >= 11 is 6.19. The second kappa shape index (κ2) is 14.3. The predicted octanol–water partition coefficient (Wildman–Crippen LogP) is 5.99. The Kier molecular flexibility index (Phi) is 11.3. The second-order valence-corrected chi connectivity index (χ2v) is 12.7. The first-order valence-corrected chi connectivity index (χ1v) is 15.9. The maximum atomic E-state index is 14.1. The molecule has 0 bridgehead atoms. The molecule has 0 heterocycles. The van der Waals surface area contributed by atoms with E-state index in [0.717, 1.165) is 29.5 Å². The summed E-state index contributed by atoms with van der Waals surface area (Å²) in [5.41, 5.74) is 0.692. The van der Waals surface area contributed by atoms with Crippen molar-refractivity contribution in [2.75, 3.05) is 17.1 Å². The van der Waals surface area contributed by atoms with Gasteiger partial charge in [-0.1, -0.05) is 73.1 Å². The largest absolute Gasteiger partial charge is 0.416 e. The first kappa shape index (κ1) is 33.9. The molecule has 0 saturated heterocycles. The number of sulfonamides is 1. The van der Waals surface area contributed by atoms with E-state index in [1.165, 1.54) is 4.90 Å². The van der Waals surface area contributed by atoms with Crippen LogP contribution in [0.5, 0.6) is 0 Å². The molecule has 3 aromatic carbocycles. The molecular formula is C31H35ClF3N3O4S. The minimum atomic E-state index is -4.78. The summed E-state index contributed by atoms with van der Waals surface area (Å²) in [7, 11) is -4.31. The lowest BCUT2D eigenvalue weighted by molar-refractivity contribution is -0.140. The summed E-state index contributed by atoms with van der Waals surface area (Å²) in [5.74, 6) is -1.23.